The SMILES string of the molecule is CCC1(OC(=O)CCCNC(=O)OC(C)(C)C)C(=O)OCc2c1cc1n(c2=O)Cc2c-1nc1ccc(OC(C)=O)cc1c2CC[Si](C)(C)C. The number of nitrogens with zero attached hydrogens (tertiary/aromatic N) is 2. The number of rotatable bonds is 10. The van der Waals surface area contributed by atoms with Crippen molar-refractivity contribution in [3.8, 4) is 17.1 Å². The molecule has 49 heavy (non-hydrogen) atoms. The van der Waals surface area contributed by atoms with Gasteiger partial charge in [-0.25, -0.2) is 14.6 Å². The van der Waals surface area contributed by atoms with Crippen molar-refractivity contribution in [1.82, 2.24) is 14.9 Å². The fourth-order valence-corrected chi connectivity index (χ4v) is 7.30. The highest BCUT2D eigenvalue weighted by Crippen LogP contribution is 2.43. The Kier molecular flexibility index (Phi) is 9.79. The molecule has 2 aliphatic heterocycles. The van der Waals surface area contributed by atoms with Gasteiger partial charge in [-0.2, -0.15) is 0 Å². The summed E-state index contributed by atoms with van der Waals surface area (Å²) in [6.45, 7) is 15.4. The smallest absolute Gasteiger partial charge is 0.407 e. The number of ether oxygens (including phenoxy) is 4. The molecule has 1 aromatic carbocycles. The van der Waals surface area contributed by atoms with Crippen molar-refractivity contribution >= 4 is 43.0 Å². The molecule has 0 fully saturated rings. The number of aromatic nitrogens is 2. The Morgan fingerprint density at radius 2 is 1.84 bits per heavy atom. The van der Waals surface area contributed by atoms with Crippen LogP contribution in [0.4, 0.5) is 4.79 Å². The molecule has 5 rings (SSSR count). The molecule has 1 unspecified atom stereocenters. The minimum absolute atomic E-state index is 0.0437. The van der Waals surface area contributed by atoms with E-state index in [0.29, 0.717) is 28.2 Å². The van der Waals surface area contributed by atoms with Crippen LogP contribution in [0.3, 0.4) is 0 Å². The van der Waals surface area contributed by atoms with E-state index in [4.69, 9.17) is 23.9 Å². The van der Waals surface area contributed by atoms with Gasteiger partial charge in [0.2, 0.25) is 5.60 Å². The molecule has 0 aliphatic carbocycles. The molecule has 12 nitrogen and oxygen atoms in total. The van der Waals surface area contributed by atoms with Crippen LogP contribution < -0.4 is 15.6 Å². The average molecular weight is 692 g/mol. The van der Waals surface area contributed by atoms with Crippen molar-refractivity contribution in [2.45, 2.75) is 110 Å². The topological polar surface area (TPSA) is 152 Å². The van der Waals surface area contributed by atoms with Crippen LogP contribution in [0, 0.1) is 0 Å². The summed E-state index contributed by atoms with van der Waals surface area (Å²) < 4.78 is 23.7. The highest BCUT2D eigenvalue weighted by Gasteiger charge is 2.50. The number of hydrogen-bond acceptors (Lipinski definition) is 10. The number of aryl methyl sites for hydroxylation is 1. The summed E-state index contributed by atoms with van der Waals surface area (Å²) in [6.07, 6.45) is 0.360. The lowest BCUT2D eigenvalue weighted by molar-refractivity contribution is -0.189. The molecule has 2 aromatic heterocycles. The first-order valence-corrected chi connectivity index (χ1v) is 20.4. The summed E-state index contributed by atoms with van der Waals surface area (Å²) >= 11 is 0. The zero-order valence-corrected chi connectivity index (χ0v) is 30.5. The van der Waals surface area contributed by atoms with Gasteiger partial charge >= 0.3 is 24.0 Å². The zero-order chi connectivity index (χ0) is 35.9. The van der Waals surface area contributed by atoms with Gasteiger partial charge < -0.3 is 28.8 Å². The fourth-order valence-electron chi connectivity index (χ4n) is 6.30. The molecule has 3 aromatic rings. The molecule has 262 valence electrons. The predicted molar refractivity (Wildman–Crippen MR) is 185 cm³/mol. The van der Waals surface area contributed by atoms with Gasteiger partial charge in [0.25, 0.3) is 5.56 Å². The molecule has 2 aliphatic rings. The number of nitrogens with one attached hydrogen (secondary N) is 1. The van der Waals surface area contributed by atoms with Crippen LogP contribution in [-0.4, -0.2) is 53.8 Å². The summed E-state index contributed by atoms with van der Waals surface area (Å²) in [5.41, 5.74) is 1.52. The van der Waals surface area contributed by atoms with Crippen LogP contribution in [0.5, 0.6) is 5.75 Å². The second kappa shape index (κ2) is 13.4. The molecule has 0 bridgehead atoms. The quantitative estimate of drug-likeness (QED) is 0.0716. The van der Waals surface area contributed by atoms with Crippen molar-refractivity contribution < 1.29 is 38.1 Å². The van der Waals surface area contributed by atoms with E-state index < -0.39 is 43.3 Å². The highest BCUT2D eigenvalue weighted by atomic mass is 28.3. The number of cyclic esters (lactones) is 1. The number of carbonyl (C=O) groups excluding carboxylic acids is 4. The second-order valence-corrected chi connectivity index (χ2v) is 20.4. The van der Waals surface area contributed by atoms with Crippen LogP contribution in [0.25, 0.3) is 22.3 Å². The molecule has 0 spiro atoms. The molecule has 1 amide bonds. The number of esters is 3. The third kappa shape index (κ3) is 7.56. The summed E-state index contributed by atoms with van der Waals surface area (Å²) in [5, 5.41) is 3.46. The average Bonchev–Trinajstić information content (AvgIpc) is 3.36. The fraction of sp³-hybridized carbons (Fsp3) is 0.500. The lowest BCUT2D eigenvalue weighted by atomic mass is 9.85. The number of alkyl carbamates (subject to hydrolysis) is 1. The van der Waals surface area contributed by atoms with Crippen LogP contribution >= 0.6 is 0 Å². The van der Waals surface area contributed by atoms with E-state index in [0.717, 1.165) is 29.0 Å². The molecule has 4 heterocycles. The molecule has 1 N–H and O–H groups in total. The second-order valence-electron chi connectivity index (χ2n) is 14.8. The molecular formula is C36H45N3O9Si. The minimum Gasteiger partial charge on any atom is -0.457 e. The van der Waals surface area contributed by atoms with Crippen LogP contribution in [0.2, 0.25) is 25.7 Å². The third-order valence-electron chi connectivity index (χ3n) is 8.65. The van der Waals surface area contributed by atoms with Crippen molar-refractivity contribution in [2.24, 2.45) is 0 Å². The van der Waals surface area contributed by atoms with Gasteiger partial charge in [-0.1, -0.05) is 32.6 Å². The predicted octanol–water partition coefficient (Wildman–Crippen LogP) is 5.74. The van der Waals surface area contributed by atoms with Gasteiger partial charge in [-0.05, 0) is 69.9 Å². The van der Waals surface area contributed by atoms with Crippen molar-refractivity contribution in [3.63, 3.8) is 0 Å². The number of fused-ring (bicyclic) bond motifs is 5. The number of pyridine rings is 2. The maximum atomic E-state index is 14.1. The van der Waals surface area contributed by atoms with Gasteiger partial charge in [-0.15, -0.1) is 0 Å². The maximum absolute atomic E-state index is 14.1. The van der Waals surface area contributed by atoms with E-state index in [-0.39, 0.29) is 50.1 Å². The van der Waals surface area contributed by atoms with Crippen LogP contribution in [-0.2, 0) is 53.8 Å². The Hall–Kier alpha value is -4.52. The van der Waals surface area contributed by atoms with E-state index in [2.05, 4.69) is 25.0 Å². The Morgan fingerprint density at radius 1 is 1.10 bits per heavy atom. The standard InChI is InChI=1S/C36H45N3O9Si/c1-9-36(47-30(41)11-10-15-37-34(44)48-35(3,4)5)27-18-29-31-25(19-39(29)32(42)26(27)20-45-33(36)43)23(14-16-49(6,7)8)24-17-22(46-21(2)40)12-13-28(24)38-31/h12-13,17-18H,9-11,14-16,19-20H2,1-8H3,(H,37,44). The van der Waals surface area contributed by atoms with Crippen molar-refractivity contribution in [2.75, 3.05) is 6.54 Å². The Balaban J connectivity index is 1.52. The molecule has 1 atom stereocenters. The Labute approximate surface area is 286 Å². The number of amides is 1. The molecular weight excluding hydrogens is 646 g/mol. The van der Waals surface area contributed by atoms with E-state index in [1.165, 1.54) is 6.92 Å². The van der Waals surface area contributed by atoms with Gasteiger partial charge in [0.15, 0.2) is 0 Å². The largest absolute Gasteiger partial charge is 0.457 e. The maximum Gasteiger partial charge on any atom is 0.407 e. The summed E-state index contributed by atoms with van der Waals surface area (Å²) in [6, 6.07) is 8.07. The molecule has 0 saturated carbocycles. The van der Waals surface area contributed by atoms with E-state index in [1.807, 2.05) is 6.07 Å². The molecule has 0 radical (unpaired) electrons. The zero-order valence-electron chi connectivity index (χ0n) is 29.5. The number of hydrogen-bond donors (Lipinski definition) is 1. The Morgan fingerprint density at radius 3 is 2.49 bits per heavy atom. The Bertz CT molecular complexity index is 1900. The first-order valence-electron chi connectivity index (χ1n) is 16.7. The van der Waals surface area contributed by atoms with Gasteiger partial charge in [-0.3, -0.25) is 14.4 Å². The minimum atomic E-state index is -1.82. The summed E-state index contributed by atoms with van der Waals surface area (Å²) in [5.74, 6) is -1.41. The number of carbonyl (C=O) groups is 4. The first kappa shape index (κ1) is 35.8. The van der Waals surface area contributed by atoms with Gasteiger partial charge in [0, 0.05) is 44.5 Å². The van der Waals surface area contributed by atoms with E-state index >= 15 is 0 Å². The van der Waals surface area contributed by atoms with Crippen molar-refractivity contribution in [1.29, 1.82) is 0 Å². The molecule has 13 heteroatoms. The summed E-state index contributed by atoms with van der Waals surface area (Å²) in [4.78, 5) is 69.4. The molecule has 0 saturated heterocycles. The van der Waals surface area contributed by atoms with Gasteiger partial charge in [0.05, 0.1) is 29.0 Å². The van der Waals surface area contributed by atoms with E-state index in [9.17, 15) is 24.0 Å². The van der Waals surface area contributed by atoms with Crippen LogP contribution in [0.1, 0.15) is 76.1 Å². The normalized spacial score (nSPS) is 16.7. The van der Waals surface area contributed by atoms with Crippen molar-refractivity contribution in [3.05, 3.63) is 56.9 Å². The van der Waals surface area contributed by atoms with E-state index in [1.54, 1.807) is 50.5 Å². The third-order valence-corrected chi connectivity index (χ3v) is 10.4. The summed E-state index contributed by atoms with van der Waals surface area (Å²) in [7, 11) is -1.49. The lowest BCUT2D eigenvalue weighted by Crippen LogP contribution is -2.47. The number of benzene rings is 1. The monoisotopic (exact) mass is 691 g/mol. The highest BCUT2D eigenvalue weighted by molar-refractivity contribution is 6.76. The lowest BCUT2D eigenvalue weighted by Gasteiger charge is -2.35. The van der Waals surface area contributed by atoms with Crippen LogP contribution in [0.15, 0.2) is 29.1 Å². The first-order chi connectivity index (χ1) is 22.9. The van der Waals surface area contributed by atoms with Gasteiger partial charge in [0.1, 0.15) is 18.0 Å².